The lowest BCUT2D eigenvalue weighted by molar-refractivity contribution is -0.122. The lowest BCUT2D eigenvalue weighted by atomic mass is 9.85. The zero-order valence-corrected chi connectivity index (χ0v) is 19.4. The van der Waals surface area contributed by atoms with Crippen molar-refractivity contribution in [2.75, 3.05) is 10.2 Å². The molecule has 9 heteroatoms. The molecule has 1 aromatic heterocycles. The molecule has 1 fully saturated rings. The molecule has 6 rings (SSSR count). The van der Waals surface area contributed by atoms with Gasteiger partial charge in [0.1, 0.15) is 6.04 Å². The van der Waals surface area contributed by atoms with E-state index in [1.807, 2.05) is 66.8 Å². The molecule has 1 aliphatic carbocycles. The summed E-state index contributed by atoms with van der Waals surface area (Å²) in [5.74, 6) is -0.637. The number of carbonyl (C=O) groups excluding carboxylic acids is 2. The Morgan fingerprint density at radius 3 is 2.06 bits per heavy atom. The van der Waals surface area contributed by atoms with Gasteiger partial charge in [0, 0.05) is 15.7 Å². The highest BCUT2D eigenvalue weighted by molar-refractivity contribution is 6.30. The van der Waals surface area contributed by atoms with Crippen LogP contribution in [0.3, 0.4) is 0 Å². The standard InChI is InChI=1S/C25H19Cl2N5O2/c26-16-9-5-14(6-10-16)20-13-21(15-7-11-17(27)12-8-15)32-24(28-20)29-25(30-32)31-22(33)18-3-1-2-4-19(18)23(31)34/h1-2,5-13,18-19,21H,3-4H2,(H,28,29,30)/t18-,19-,21+/m1/s1. The van der Waals surface area contributed by atoms with E-state index in [1.165, 1.54) is 0 Å². The second-order valence-electron chi connectivity index (χ2n) is 8.56. The predicted octanol–water partition coefficient (Wildman–Crippen LogP) is 5.10. The Morgan fingerprint density at radius 2 is 1.44 bits per heavy atom. The number of aromatic nitrogens is 3. The molecule has 2 aliphatic heterocycles. The highest BCUT2D eigenvalue weighted by atomic mass is 35.5. The molecule has 2 amide bonds. The number of rotatable bonds is 3. The van der Waals surface area contributed by atoms with E-state index >= 15 is 0 Å². The van der Waals surface area contributed by atoms with Gasteiger partial charge in [0.25, 0.3) is 5.95 Å². The second-order valence-corrected chi connectivity index (χ2v) is 9.43. The third-order valence-corrected chi connectivity index (χ3v) is 7.03. The summed E-state index contributed by atoms with van der Waals surface area (Å²) >= 11 is 12.2. The van der Waals surface area contributed by atoms with Gasteiger partial charge in [0.2, 0.25) is 17.8 Å². The van der Waals surface area contributed by atoms with Gasteiger partial charge in [-0.1, -0.05) is 59.6 Å². The Morgan fingerprint density at radius 1 is 0.853 bits per heavy atom. The monoisotopic (exact) mass is 491 g/mol. The average molecular weight is 492 g/mol. The molecule has 2 aromatic carbocycles. The van der Waals surface area contributed by atoms with Gasteiger partial charge in [-0.15, -0.1) is 5.10 Å². The van der Waals surface area contributed by atoms with E-state index in [-0.39, 0.29) is 35.6 Å². The van der Waals surface area contributed by atoms with E-state index in [4.69, 9.17) is 23.2 Å². The van der Waals surface area contributed by atoms with Crippen molar-refractivity contribution in [2.24, 2.45) is 11.8 Å². The van der Waals surface area contributed by atoms with Gasteiger partial charge in [-0.25, -0.2) is 9.58 Å². The number of hydrogen-bond donors (Lipinski definition) is 1. The number of fused-ring (bicyclic) bond motifs is 2. The first-order valence-electron chi connectivity index (χ1n) is 11.0. The number of anilines is 2. The van der Waals surface area contributed by atoms with Crippen LogP contribution >= 0.6 is 23.2 Å². The number of hydrogen-bond acceptors (Lipinski definition) is 5. The summed E-state index contributed by atoms with van der Waals surface area (Å²) in [6.45, 7) is 0. The third-order valence-electron chi connectivity index (χ3n) is 6.53. The minimum absolute atomic E-state index is 0.0941. The summed E-state index contributed by atoms with van der Waals surface area (Å²) in [4.78, 5) is 31.9. The number of nitrogens with zero attached hydrogens (tertiary/aromatic N) is 4. The lowest BCUT2D eigenvalue weighted by Gasteiger charge is -2.24. The van der Waals surface area contributed by atoms with Crippen LogP contribution in [0.25, 0.3) is 5.70 Å². The molecule has 0 unspecified atom stereocenters. The van der Waals surface area contributed by atoms with Crippen molar-refractivity contribution in [1.82, 2.24) is 14.8 Å². The number of nitrogens with one attached hydrogen (secondary N) is 1. The van der Waals surface area contributed by atoms with E-state index < -0.39 is 0 Å². The van der Waals surface area contributed by atoms with Crippen LogP contribution in [0.5, 0.6) is 0 Å². The van der Waals surface area contributed by atoms with Crippen LogP contribution in [0.2, 0.25) is 10.0 Å². The number of benzene rings is 2. The number of amides is 2. The quantitative estimate of drug-likeness (QED) is 0.407. The summed E-state index contributed by atoms with van der Waals surface area (Å²) in [5, 5.41) is 9.19. The van der Waals surface area contributed by atoms with Gasteiger partial charge in [-0.3, -0.25) is 9.59 Å². The van der Waals surface area contributed by atoms with Crippen molar-refractivity contribution in [3.8, 4) is 0 Å². The van der Waals surface area contributed by atoms with E-state index in [0.717, 1.165) is 21.7 Å². The second kappa shape index (κ2) is 8.11. The molecule has 0 radical (unpaired) electrons. The van der Waals surface area contributed by atoms with Crippen molar-refractivity contribution >= 4 is 52.6 Å². The van der Waals surface area contributed by atoms with Crippen molar-refractivity contribution < 1.29 is 9.59 Å². The van der Waals surface area contributed by atoms with Crippen LogP contribution < -0.4 is 10.2 Å². The SMILES string of the molecule is O=C1[C@@H]2CC=CC[C@H]2C(=O)N1c1nc2n(n1)[C@H](c1ccc(Cl)cc1)C=C(c1ccc(Cl)cc1)N2. The van der Waals surface area contributed by atoms with Crippen LogP contribution in [0, 0.1) is 11.8 Å². The highest BCUT2D eigenvalue weighted by Gasteiger charge is 2.49. The fraction of sp³-hybridized carbons (Fsp3) is 0.200. The third kappa shape index (κ3) is 3.43. The minimum Gasteiger partial charge on any atom is -0.324 e. The largest absolute Gasteiger partial charge is 0.324 e. The zero-order valence-electron chi connectivity index (χ0n) is 17.9. The molecule has 1 N–H and O–H groups in total. The van der Waals surface area contributed by atoms with E-state index in [0.29, 0.717) is 28.8 Å². The maximum absolute atomic E-state index is 13.1. The van der Waals surface area contributed by atoms with Crippen LogP contribution in [-0.2, 0) is 9.59 Å². The Labute approximate surface area is 205 Å². The molecule has 3 aliphatic rings. The molecule has 0 spiro atoms. The van der Waals surface area contributed by atoms with E-state index in [1.54, 1.807) is 4.68 Å². The Balaban J connectivity index is 1.42. The highest BCUT2D eigenvalue weighted by Crippen LogP contribution is 2.39. The number of allylic oxidation sites excluding steroid dienone is 3. The molecule has 3 aromatic rings. The van der Waals surface area contributed by atoms with Gasteiger partial charge in [0.15, 0.2) is 0 Å². The first-order valence-corrected chi connectivity index (χ1v) is 11.7. The minimum atomic E-state index is -0.346. The molecule has 7 nitrogen and oxygen atoms in total. The first kappa shape index (κ1) is 21.1. The van der Waals surface area contributed by atoms with Gasteiger partial charge < -0.3 is 5.32 Å². The van der Waals surface area contributed by atoms with Gasteiger partial charge in [0.05, 0.1) is 11.8 Å². The molecule has 0 saturated carbocycles. The van der Waals surface area contributed by atoms with Crippen LogP contribution in [0.1, 0.15) is 30.0 Å². The van der Waals surface area contributed by atoms with Crippen molar-refractivity contribution in [3.63, 3.8) is 0 Å². The number of halogens is 2. The fourth-order valence-corrected chi connectivity index (χ4v) is 5.02. The lowest BCUT2D eigenvalue weighted by Crippen LogP contribution is -2.32. The van der Waals surface area contributed by atoms with Crippen molar-refractivity contribution in [1.29, 1.82) is 0 Å². The van der Waals surface area contributed by atoms with Gasteiger partial charge in [-0.05, 0) is 54.3 Å². The molecular weight excluding hydrogens is 473 g/mol. The molecule has 34 heavy (non-hydrogen) atoms. The number of carbonyl (C=O) groups is 2. The van der Waals surface area contributed by atoms with Crippen LogP contribution in [0.15, 0.2) is 66.8 Å². The van der Waals surface area contributed by atoms with Gasteiger partial charge in [-0.2, -0.15) is 4.98 Å². The Hall–Kier alpha value is -3.42. The maximum atomic E-state index is 13.1. The Kier molecular flexibility index (Phi) is 5.04. The van der Waals surface area contributed by atoms with Crippen molar-refractivity contribution in [2.45, 2.75) is 18.9 Å². The smallest absolute Gasteiger partial charge is 0.260 e. The van der Waals surface area contributed by atoms with Gasteiger partial charge >= 0.3 is 0 Å². The van der Waals surface area contributed by atoms with Crippen LogP contribution in [0.4, 0.5) is 11.9 Å². The molecular formula is C25H19Cl2N5O2. The van der Waals surface area contributed by atoms with Crippen LogP contribution in [-0.4, -0.2) is 26.6 Å². The van der Waals surface area contributed by atoms with Crippen molar-refractivity contribution in [3.05, 3.63) is 87.9 Å². The predicted molar refractivity (Wildman–Crippen MR) is 131 cm³/mol. The summed E-state index contributed by atoms with van der Waals surface area (Å²) in [7, 11) is 0. The summed E-state index contributed by atoms with van der Waals surface area (Å²) in [5.41, 5.74) is 2.68. The summed E-state index contributed by atoms with van der Waals surface area (Å²) < 4.78 is 1.69. The Bertz CT molecular complexity index is 1330. The normalized spacial score (nSPS) is 23.4. The van der Waals surface area contributed by atoms with E-state index in [2.05, 4.69) is 15.4 Å². The molecule has 1 saturated heterocycles. The van der Waals surface area contributed by atoms with E-state index in [9.17, 15) is 9.59 Å². The maximum Gasteiger partial charge on any atom is 0.260 e. The first-order chi connectivity index (χ1) is 16.5. The number of imide groups is 1. The summed E-state index contributed by atoms with van der Waals surface area (Å²) in [6.07, 6.45) is 7.07. The molecule has 170 valence electrons. The fourth-order valence-electron chi connectivity index (χ4n) is 4.77. The topological polar surface area (TPSA) is 80.1 Å². The zero-order chi connectivity index (χ0) is 23.4. The summed E-state index contributed by atoms with van der Waals surface area (Å²) in [6, 6.07) is 14.6. The average Bonchev–Trinajstić information content (AvgIpc) is 3.38. The molecule has 0 bridgehead atoms. The molecule has 3 atom stereocenters. The molecule has 3 heterocycles.